The minimum atomic E-state index is -0.996. The summed E-state index contributed by atoms with van der Waals surface area (Å²) >= 11 is 0. The number of carbonyl (C=O) groups excluding carboxylic acids is 2. The lowest BCUT2D eigenvalue weighted by molar-refractivity contribution is -0.123. The van der Waals surface area contributed by atoms with Crippen LogP contribution in [0, 0.1) is 0 Å². The van der Waals surface area contributed by atoms with Gasteiger partial charge in [0.2, 0.25) is 11.8 Å². The van der Waals surface area contributed by atoms with E-state index < -0.39 is 17.9 Å². The molecule has 7 heteroatoms. The zero-order valence-corrected chi connectivity index (χ0v) is 10.1. The molecule has 18 heavy (non-hydrogen) atoms. The van der Waals surface area contributed by atoms with Gasteiger partial charge in [-0.05, 0) is 13.0 Å². The predicted octanol–water partition coefficient (Wildman–Crippen LogP) is -0.991. The van der Waals surface area contributed by atoms with Gasteiger partial charge in [0.05, 0.1) is 18.2 Å². The molecule has 1 unspecified atom stereocenters. The minimum absolute atomic E-state index is 0.156. The number of primary amides is 1. The van der Waals surface area contributed by atoms with Gasteiger partial charge in [0.15, 0.2) is 0 Å². The van der Waals surface area contributed by atoms with Crippen LogP contribution in [0.1, 0.15) is 13.3 Å². The molecule has 0 aliphatic heterocycles. The van der Waals surface area contributed by atoms with Crippen LogP contribution in [0.15, 0.2) is 23.1 Å². The zero-order chi connectivity index (χ0) is 13.7. The van der Waals surface area contributed by atoms with Crippen LogP contribution < -0.4 is 22.3 Å². The van der Waals surface area contributed by atoms with Gasteiger partial charge in [-0.25, -0.2) is 0 Å². The molecule has 1 aromatic rings. The van der Waals surface area contributed by atoms with Crippen LogP contribution in [0.3, 0.4) is 0 Å². The quantitative estimate of drug-likeness (QED) is 0.623. The average Bonchev–Trinajstić information content (AvgIpc) is 2.30. The van der Waals surface area contributed by atoms with Crippen LogP contribution in [0.5, 0.6) is 0 Å². The Bertz CT molecular complexity index is 509. The Morgan fingerprint density at radius 1 is 1.44 bits per heavy atom. The van der Waals surface area contributed by atoms with E-state index in [9.17, 15) is 14.4 Å². The summed E-state index contributed by atoms with van der Waals surface area (Å²) in [6, 6.07) is 1.83. The second-order valence-electron chi connectivity index (χ2n) is 3.81. The highest BCUT2D eigenvalue weighted by molar-refractivity contribution is 5.97. The van der Waals surface area contributed by atoms with Crippen LogP contribution in [-0.4, -0.2) is 22.4 Å². The molecule has 0 saturated heterocycles. The smallest absolute Gasteiger partial charge is 0.250 e. The third-order valence-corrected chi connectivity index (χ3v) is 2.35. The topological polar surface area (TPSA) is 120 Å². The molecule has 0 fully saturated rings. The molecule has 1 aromatic heterocycles. The summed E-state index contributed by atoms with van der Waals surface area (Å²) in [7, 11) is 0. The predicted molar refractivity (Wildman–Crippen MR) is 66.8 cm³/mol. The number of amides is 2. The van der Waals surface area contributed by atoms with Crippen LogP contribution in [0.4, 0.5) is 5.69 Å². The van der Waals surface area contributed by atoms with Gasteiger partial charge in [-0.15, -0.1) is 0 Å². The number of hydrogen-bond acceptors (Lipinski definition) is 4. The number of aromatic nitrogens is 1. The van der Waals surface area contributed by atoms with Gasteiger partial charge in [0.25, 0.3) is 5.56 Å². The van der Waals surface area contributed by atoms with Crippen LogP contribution in [-0.2, 0) is 16.1 Å². The van der Waals surface area contributed by atoms with Crippen molar-refractivity contribution in [2.24, 2.45) is 11.5 Å². The van der Waals surface area contributed by atoms with Crippen LogP contribution in [0.2, 0.25) is 0 Å². The first kappa shape index (κ1) is 13.9. The second-order valence-corrected chi connectivity index (χ2v) is 3.81. The van der Waals surface area contributed by atoms with Crippen molar-refractivity contribution in [1.82, 2.24) is 4.57 Å². The van der Waals surface area contributed by atoms with E-state index in [0.29, 0.717) is 12.2 Å². The summed E-state index contributed by atoms with van der Waals surface area (Å²) in [5.41, 5.74) is 10.7. The Labute approximate surface area is 104 Å². The lowest BCUT2D eigenvalue weighted by atomic mass is 10.2. The third-order valence-electron chi connectivity index (χ3n) is 2.35. The Balaban J connectivity index is 2.76. The van der Waals surface area contributed by atoms with E-state index >= 15 is 0 Å². The maximum Gasteiger partial charge on any atom is 0.250 e. The molecule has 0 aliphatic carbocycles. The summed E-state index contributed by atoms with van der Waals surface area (Å²) in [5.74, 6) is -1.16. The van der Waals surface area contributed by atoms with Crippen molar-refractivity contribution in [2.75, 3.05) is 5.32 Å². The zero-order valence-electron chi connectivity index (χ0n) is 10.1. The van der Waals surface area contributed by atoms with Crippen molar-refractivity contribution in [3.63, 3.8) is 0 Å². The number of hydrogen-bond donors (Lipinski definition) is 3. The van der Waals surface area contributed by atoms with Crippen molar-refractivity contribution >= 4 is 17.5 Å². The lowest BCUT2D eigenvalue weighted by Crippen LogP contribution is -2.39. The molecule has 7 nitrogen and oxygen atoms in total. The van der Waals surface area contributed by atoms with Gasteiger partial charge in [-0.1, -0.05) is 0 Å². The van der Waals surface area contributed by atoms with Gasteiger partial charge in [-0.2, -0.15) is 0 Å². The molecule has 1 rings (SSSR count). The highest BCUT2D eigenvalue weighted by Gasteiger charge is 2.16. The molecule has 2 amide bonds. The molecule has 0 aliphatic rings. The monoisotopic (exact) mass is 252 g/mol. The van der Waals surface area contributed by atoms with E-state index in [0.717, 1.165) is 0 Å². The van der Waals surface area contributed by atoms with E-state index in [4.69, 9.17) is 11.5 Å². The maximum absolute atomic E-state index is 11.6. The summed E-state index contributed by atoms with van der Waals surface area (Å²) in [5, 5.41) is 2.52. The number of anilines is 1. The number of carbonyl (C=O) groups is 2. The lowest BCUT2D eigenvalue weighted by Gasteiger charge is -2.11. The molecule has 0 radical (unpaired) electrons. The highest BCUT2D eigenvalue weighted by Crippen LogP contribution is 2.04. The van der Waals surface area contributed by atoms with E-state index in [2.05, 4.69) is 5.32 Å². The van der Waals surface area contributed by atoms with E-state index in [-0.39, 0.29) is 12.0 Å². The SMILES string of the molecule is CCn1cc(NC(=O)C(N)CC(N)=O)ccc1=O. The largest absolute Gasteiger partial charge is 0.370 e. The number of nitrogens with one attached hydrogen (secondary N) is 1. The van der Waals surface area contributed by atoms with Gasteiger partial charge in [0, 0.05) is 18.8 Å². The van der Waals surface area contributed by atoms with Gasteiger partial charge >= 0.3 is 0 Å². The fourth-order valence-corrected chi connectivity index (χ4v) is 1.40. The molecule has 0 bridgehead atoms. The van der Waals surface area contributed by atoms with Crippen LogP contribution >= 0.6 is 0 Å². The molecule has 0 saturated carbocycles. The van der Waals surface area contributed by atoms with Crippen molar-refractivity contribution < 1.29 is 9.59 Å². The number of pyridine rings is 1. The van der Waals surface area contributed by atoms with E-state index in [1.54, 1.807) is 0 Å². The Kier molecular flexibility index (Phi) is 4.61. The minimum Gasteiger partial charge on any atom is -0.370 e. The van der Waals surface area contributed by atoms with Gasteiger partial charge < -0.3 is 21.4 Å². The first-order valence-electron chi connectivity index (χ1n) is 5.49. The Morgan fingerprint density at radius 2 is 2.11 bits per heavy atom. The molecule has 1 atom stereocenters. The highest BCUT2D eigenvalue weighted by atomic mass is 16.2. The average molecular weight is 252 g/mol. The Morgan fingerprint density at radius 3 is 2.67 bits per heavy atom. The first-order valence-corrected chi connectivity index (χ1v) is 5.49. The maximum atomic E-state index is 11.6. The number of nitrogens with two attached hydrogens (primary N) is 2. The normalized spacial score (nSPS) is 11.9. The summed E-state index contributed by atoms with van der Waals surface area (Å²) in [6.07, 6.45) is 1.29. The number of nitrogens with zero attached hydrogens (tertiary/aromatic N) is 1. The molecule has 1 heterocycles. The van der Waals surface area contributed by atoms with Gasteiger partial charge in [-0.3, -0.25) is 14.4 Å². The standard InChI is InChI=1S/C11H16N4O3/c1-2-15-6-7(3-4-10(15)17)14-11(18)8(12)5-9(13)16/h3-4,6,8H,2,5,12H2,1H3,(H2,13,16)(H,14,18). The Hall–Kier alpha value is -2.15. The first-order chi connectivity index (χ1) is 8.43. The summed E-state index contributed by atoms with van der Waals surface area (Å²) in [4.78, 5) is 33.6. The summed E-state index contributed by atoms with van der Waals surface area (Å²) < 4.78 is 1.44. The van der Waals surface area contributed by atoms with E-state index in [1.165, 1.54) is 22.9 Å². The molecule has 5 N–H and O–H groups in total. The molecule has 98 valence electrons. The molecule has 0 aromatic carbocycles. The van der Waals surface area contributed by atoms with Crippen molar-refractivity contribution in [1.29, 1.82) is 0 Å². The number of aryl methyl sites for hydroxylation is 1. The van der Waals surface area contributed by atoms with Gasteiger partial charge in [0.1, 0.15) is 0 Å². The third kappa shape index (κ3) is 3.70. The second kappa shape index (κ2) is 5.97. The fraction of sp³-hybridized carbons (Fsp3) is 0.364. The fourth-order valence-electron chi connectivity index (χ4n) is 1.40. The molecular formula is C11H16N4O3. The molecular weight excluding hydrogens is 236 g/mol. The molecule has 0 spiro atoms. The van der Waals surface area contributed by atoms with E-state index in [1.807, 2.05) is 6.92 Å². The van der Waals surface area contributed by atoms with Crippen molar-refractivity contribution in [2.45, 2.75) is 25.9 Å². The number of rotatable bonds is 5. The van der Waals surface area contributed by atoms with Crippen LogP contribution in [0.25, 0.3) is 0 Å². The van der Waals surface area contributed by atoms with Crippen molar-refractivity contribution in [3.05, 3.63) is 28.7 Å². The summed E-state index contributed by atoms with van der Waals surface area (Å²) in [6.45, 7) is 2.31. The van der Waals surface area contributed by atoms with Crippen molar-refractivity contribution in [3.8, 4) is 0 Å².